The molecule has 0 aromatic heterocycles. The Balaban J connectivity index is 2.32. The van der Waals surface area contributed by atoms with E-state index in [-0.39, 0.29) is 12.8 Å². The maximum Gasteiger partial charge on any atom is 0.261 e. The number of anilines is 1. The van der Waals surface area contributed by atoms with E-state index in [2.05, 4.69) is 15.5 Å². The molecule has 1 aromatic rings. The Bertz CT molecular complexity index is 701. The molecule has 2 rings (SSSR count). The summed E-state index contributed by atoms with van der Waals surface area (Å²) in [4.78, 5) is 50.6. The van der Waals surface area contributed by atoms with E-state index in [1.54, 1.807) is 13.0 Å². The molecule has 8 heteroatoms. The van der Waals surface area contributed by atoms with Crippen molar-refractivity contribution in [1.82, 2.24) is 15.5 Å². The van der Waals surface area contributed by atoms with Crippen LogP contribution in [0.2, 0.25) is 0 Å². The van der Waals surface area contributed by atoms with E-state index in [4.69, 9.17) is 0 Å². The normalized spacial score (nSPS) is 15.0. The number of carbonyl (C=O) groups is 4. The Morgan fingerprint density at radius 2 is 2.00 bits per heavy atom. The van der Waals surface area contributed by atoms with E-state index in [0.717, 1.165) is 42.3 Å². The smallest absolute Gasteiger partial charge is 0.261 e. The van der Waals surface area contributed by atoms with Crippen molar-refractivity contribution < 1.29 is 19.2 Å². The zero-order valence-corrected chi connectivity index (χ0v) is 15.7. The van der Waals surface area contributed by atoms with Crippen LogP contribution in [-0.4, -0.2) is 68.7 Å². The maximum atomic E-state index is 13.1. The van der Waals surface area contributed by atoms with Gasteiger partial charge in [-0.25, -0.2) is 0 Å². The predicted molar refractivity (Wildman–Crippen MR) is 102 cm³/mol. The molecule has 2 N–H and O–H groups in total. The first kappa shape index (κ1) is 20.6. The molecular formula is C19H26N4O4. The fourth-order valence-electron chi connectivity index (χ4n) is 3.15. The lowest BCUT2D eigenvalue weighted by molar-refractivity contribution is -0.131. The number of hydrogen-bond acceptors (Lipinski definition) is 6. The number of likely N-dealkylation sites (N-methyl/N-ethyl adjacent to an activating group) is 1. The molecule has 0 bridgehead atoms. The van der Waals surface area contributed by atoms with Crippen LogP contribution in [0.15, 0.2) is 18.2 Å². The molecule has 0 radical (unpaired) electrons. The minimum absolute atomic E-state index is 0.0789. The van der Waals surface area contributed by atoms with E-state index in [1.807, 2.05) is 12.1 Å². The first-order valence-electron chi connectivity index (χ1n) is 9.03. The predicted octanol–water partition coefficient (Wildman–Crippen LogP) is 0.0969. The molecule has 1 saturated heterocycles. The van der Waals surface area contributed by atoms with Crippen molar-refractivity contribution in [2.75, 3.05) is 38.1 Å². The van der Waals surface area contributed by atoms with Crippen molar-refractivity contribution >= 4 is 30.2 Å². The summed E-state index contributed by atoms with van der Waals surface area (Å²) in [6.07, 6.45) is 1.20. The molecule has 1 atom stereocenters. The van der Waals surface area contributed by atoms with Crippen LogP contribution >= 0.6 is 0 Å². The van der Waals surface area contributed by atoms with Crippen molar-refractivity contribution in [2.45, 2.75) is 25.8 Å². The van der Waals surface area contributed by atoms with Gasteiger partial charge in [0.15, 0.2) is 0 Å². The number of rotatable bonds is 8. The summed E-state index contributed by atoms with van der Waals surface area (Å²) in [6.45, 7) is 5.17. The van der Waals surface area contributed by atoms with Gasteiger partial charge in [-0.1, -0.05) is 6.07 Å². The Morgan fingerprint density at radius 1 is 1.30 bits per heavy atom. The van der Waals surface area contributed by atoms with Gasteiger partial charge in [-0.05, 0) is 31.0 Å². The minimum atomic E-state index is -1.02. The van der Waals surface area contributed by atoms with E-state index in [0.29, 0.717) is 18.3 Å². The molecule has 1 fully saturated rings. The molecule has 146 valence electrons. The third-order valence-electron chi connectivity index (χ3n) is 4.72. The second kappa shape index (κ2) is 9.82. The zero-order valence-electron chi connectivity index (χ0n) is 15.7. The number of aryl methyl sites for hydroxylation is 1. The summed E-state index contributed by atoms with van der Waals surface area (Å²) in [6, 6.07) is 4.53. The number of imide groups is 1. The SMILES string of the molecule is CNC(=O)C(CCC=O)N(C=O)C(=O)c1cc(N2CCNCC2)ccc1C. The fraction of sp³-hybridized carbons (Fsp3) is 0.474. The highest BCUT2D eigenvalue weighted by Gasteiger charge is 2.30. The molecule has 1 aromatic carbocycles. The minimum Gasteiger partial charge on any atom is -0.369 e. The highest BCUT2D eigenvalue weighted by atomic mass is 16.2. The van der Waals surface area contributed by atoms with Crippen molar-refractivity contribution in [3.8, 4) is 0 Å². The van der Waals surface area contributed by atoms with Crippen LogP contribution in [0.4, 0.5) is 5.69 Å². The van der Waals surface area contributed by atoms with Gasteiger partial charge >= 0.3 is 0 Å². The molecule has 0 saturated carbocycles. The number of carbonyl (C=O) groups excluding carboxylic acids is 4. The molecule has 1 aliphatic rings. The number of hydrogen-bond donors (Lipinski definition) is 2. The number of benzene rings is 1. The number of aldehydes is 1. The zero-order chi connectivity index (χ0) is 19.8. The van der Waals surface area contributed by atoms with Gasteiger partial charge in [-0.3, -0.25) is 19.3 Å². The Hall–Kier alpha value is -2.74. The average molecular weight is 374 g/mol. The van der Waals surface area contributed by atoms with Crippen LogP contribution in [0.1, 0.15) is 28.8 Å². The highest BCUT2D eigenvalue weighted by Crippen LogP contribution is 2.22. The van der Waals surface area contributed by atoms with Gasteiger partial charge in [0.2, 0.25) is 12.3 Å². The summed E-state index contributed by atoms with van der Waals surface area (Å²) in [5, 5.41) is 5.73. The topological polar surface area (TPSA) is 98.8 Å². The largest absolute Gasteiger partial charge is 0.369 e. The van der Waals surface area contributed by atoms with E-state index in [1.165, 1.54) is 7.05 Å². The highest BCUT2D eigenvalue weighted by molar-refractivity contribution is 6.04. The van der Waals surface area contributed by atoms with Gasteiger partial charge in [-0.15, -0.1) is 0 Å². The summed E-state index contributed by atoms with van der Waals surface area (Å²) >= 11 is 0. The van der Waals surface area contributed by atoms with Gasteiger partial charge < -0.3 is 20.3 Å². The number of amides is 3. The second-order valence-electron chi connectivity index (χ2n) is 6.43. The molecule has 27 heavy (non-hydrogen) atoms. The quantitative estimate of drug-likeness (QED) is 0.626. The molecule has 1 heterocycles. The molecule has 0 aliphatic carbocycles. The lowest BCUT2D eigenvalue weighted by atomic mass is 10.0. The molecule has 8 nitrogen and oxygen atoms in total. The lowest BCUT2D eigenvalue weighted by Gasteiger charge is -2.30. The number of piperazine rings is 1. The van der Waals surface area contributed by atoms with E-state index >= 15 is 0 Å². The summed E-state index contributed by atoms with van der Waals surface area (Å²) in [5.74, 6) is -1.02. The Kier molecular flexibility index (Phi) is 7.48. The molecule has 0 spiro atoms. The first-order valence-corrected chi connectivity index (χ1v) is 9.03. The van der Waals surface area contributed by atoms with Crippen LogP contribution in [0.25, 0.3) is 0 Å². The van der Waals surface area contributed by atoms with Crippen molar-refractivity contribution in [2.24, 2.45) is 0 Å². The van der Waals surface area contributed by atoms with Crippen LogP contribution in [-0.2, 0) is 14.4 Å². The maximum absolute atomic E-state index is 13.1. The molecular weight excluding hydrogens is 348 g/mol. The fourth-order valence-corrected chi connectivity index (χ4v) is 3.15. The summed E-state index contributed by atoms with van der Waals surface area (Å²) in [7, 11) is 1.43. The Labute approximate surface area is 158 Å². The van der Waals surface area contributed by atoms with Gasteiger partial charge in [0.25, 0.3) is 5.91 Å². The van der Waals surface area contributed by atoms with Crippen molar-refractivity contribution in [3.05, 3.63) is 29.3 Å². The van der Waals surface area contributed by atoms with Crippen LogP contribution in [0.5, 0.6) is 0 Å². The van der Waals surface area contributed by atoms with Crippen molar-refractivity contribution in [1.29, 1.82) is 0 Å². The molecule has 1 aliphatic heterocycles. The third kappa shape index (κ3) is 4.91. The second-order valence-corrected chi connectivity index (χ2v) is 6.43. The first-order chi connectivity index (χ1) is 13.0. The van der Waals surface area contributed by atoms with Crippen LogP contribution in [0.3, 0.4) is 0 Å². The summed E-state index contributed by atoms with van der Waals surface area (Å²) < 4.78 is 0. The summed E-state index contributed by atoms with van der Waals surface area (Å²) in [5.41, 5.74) is 2.00. The van der Waals surface area contributed by atoms with E-state index < -0.39 is 17.9 Å². The van der Waals surface area contributed by atoms with Gasteiger partial charge in [0, 0.05) is 50.9 Å². The molecule has 3 amide bonds. The van der Waals surface area contributed by atoms with Crippen molar-refractivity contribution in [3.63, 3.8) is 0 Å². The average Bonchev–Trinajstić information content (AvgIpc) is 2.71. The third-order valence-corrected chi connectivity index (χ3v) is 4.72. The monoisotopic (exact) mass is 374 g/mol. The van der Waals surface area contributed by atoms with Crippen LogP contribution < -0.4 is 15.5 Å². The van der Waals surface area contributed by atoms with Crippen LogP contribution in [0, 0.1) is 6.92 Å². The molecule has 1 unspecified atom stereocenters. The van der Waals surface area contributed by atoms with Gasteiger partial charge in [0.1, 0.15) is 12.3 Å². The Morgan fingerprint density at radius 3 is 2.59 bits per heavy atom. The lowest BCUT2D eigenvalue weighted by Crippen LogP contribution is -2.48. The van der Waals surface area contributed by atoms with Gasteiger partial charge in [0.05, 0.1) is 0 Å². The number of nitrogens with one attached hydrogen (secondary N) is 2. The number of nitrogens with zero attached hydrogens (tertiary/aromatic N) is 2. The van der Waals surface area contributed by atoms with Gasteiger partial charge in [-0.2, -0.15) is 0 Å². The standard InChI is InChI=1S/C19H26N4O4/c1-14-5-6-15(22-9-7-21-8-10-22)12-16(14)19(27)23(13-25)17(4-3-11-24)18(26)20-2/h5-6,11-13,17,21H,3-4,7-10H2,1-2H3,(H,20,26). The van der Waals surface area contributed by atoms with E-state index in [9.17, 15) is 19.2 Å².